The van der Waals surface area contributed by atoms with Crippen molar-refractivity contribution in [2.75, 3.05) is 14.2 Å². The van der Waals surface area contributed by atoms with Gasteiger partial charge in [0.15, 0.2) is 5.96 Å². The molecule has 0 amide bonds. The van der Waals surface area contributed by atoms with Gasteiger partial charge < -0.3 is 19.8 Å². The first-order valence-corrected chi connectivity index (χ1v) is 8.81. The van der Waals surface area contributed by atoms with E-state index in [1.165, 1.54) is 7.11 Å². The summed E-state index contributed by atoms with van der Waals surface area (Å²) in [4.78, 5) is 20.2. The van der Waals surface area contributed by atoms with Crippen LogP contribution in [0.2, 0.25) is 0 Å². The van der Waals surface area contributed by atoms with Crippen LogP contribution in [-0.4, -0.2) is 31.1 Å². The molecular formula is C21H22N4O3. The van der Waals surface area contributed by atoms with Crippen molar-refractivity contribution in [1.29, 1.82) is 0 Å². The predicted molar refractivity (Wildman–Crippen MR) is 107 cm³/mol. The van der Waals surface area contributed by atoms with Gasteiger partial charge in [0.1, 0.15) is 6.26 Å². The molecule has 3 rings (SSSR count). The molecule has 2 N–H and O–H groups in total. The van der Waals surface area contributed by atoms with Crippen LogP contribution in [0.5, 0.6) is 0 Å². The second-order valence-electron chi connectivity index (χ2n) is 5.98. The molecule has 7 nitrogen and oxygen atoms in total. The number of rotatable bonds is 6. The maximum atomic E-state index is 11.5. The Bertz CT molecular complexity index is 934. The Hall–Kier alpha value is -3.61. The highest BCUT2D eigenvalue weighted by Gasteiger charge is 2.08. The fourth-order valence-corrected chi connectivity index (χ4v) is 2.56. The zero-order valence-electron chi connectivity index (χ0n) is 15.8. The molecule has 0 bridgehead atoms. The third kappa shape index (κ3) is 4.97. The number of hydrogen-bond donors (Lipinski definition) is 2. The Morgan fingerprint density at radius 3 is 2.46 bits per heavy atom. The van der Waals surface area contributed by atoms with E-state index in [9.17, 15) is 4.79 Å². The zero-order chi connectivity index (χ0) is 19.8. The number of benzene rings is 2. The van der Waals surface area contributed by atoms with E-state index in [1.807, 2.05) is 42.5 Å². The molecule has 2 aromatic carbocycles. The molecule has 3 aromatic rings. The number of esters is 1. The average molecular weight is 378 g/mol. The lowest BCUT2D eigenvalue weighted by molar-refractivity contribution is 0.0600. The minimum Gasteiger partial charge on any atom is -0.465 e. The smallest absolute Gasteiger partial charge is 0.337 e. The fourth-order valence-electron chi connectivity index (χ4n) is 2.56. The van der Waals surface area contributed by atoms with Crippen molar-refractivity contribution in [3.63, 3.8) is 0 Å². The molecule has 0 aliphatic carbocycles. The minimum atomic E-state index is -0.348. The average Bonchev–Trinajstić information content (AvgIpc) is 3.23. The number of hydrogen-bond acceptors (Lipinski definition) is 5. The van der Waals surface area contributed by atoms with Gasteiger partial charge in [0.05, 0.1) is 24.9 Å². The number of nitrogens with zero attached hydrogens (tertiary/aromatic N) is 2. The molecular weight excluding hydrogens is 356 g/mol. The minimum absolute atomic E-state index is 0.348. The van der Waals surface area contributed by atoms with Crippen LogP contribution < -0.4 is 10.6 Å². The van der Waals surface area contributed by atoms with Crippen molar-refractivity contribution >= 4 is 11.9 Å². The highest BCUT2D eigenvalue weighted by Crippen LogP contribution is 2.17. The van der Waals surface area contributed by atoms with Crippen molar-refractivity contribution in [1.82, 2.24) is 15.6 Å². The normalized spacial score (nSPS) is 11.1. The quantitative estimate of drug-likeness (QED) is 0.389. The van der Waals surface area contributed by atoms with Crippen LogP contribution in [0, 0.1) is 0 Å². The molecule has 0 aliphatic rings. The topological polar surface area (TPSA) is 88.8 Å². The van der Waals surface area contributed by atoms with Gasteiger partial charge in [-0.15, -0.1) is 0 Å². The van der Waals surface area contributed by atoms with Gasteiger partial charge in [0.2, 0.25) is 5.89 Å². The molecule has 144 valence electrons. The molecule has 7 heteroatoms. The molecule has 0 saturated carbocycles. The van der Waals surface area contributed by atoms with Gasteiger partial charge in [-0.2, -0.15) is 0 Å². The van der Waals surface area contributed by atoms with Crippen molar-refractivity contribution in [3.05, 3.63) is 77.7 Å². The molecule has 0 atom stereocenters. The van der Waals surface area contributed by atoms with E-state index in [4.69, 9.17) is 9.15 Å². The monoisotopic (exact) mass is 378 g/mol. The summed E-state index contributed by atoms with van der Waals surface area (Å²) in [5.74, 6) is 0.881. The summed E-state index contributed by atoms with van der Waals surface area (Å²) in [6.45, 7) is 1.05. The first-order chi connectivity index (χ1) is 13.7. The Labute approximate surface area is 163 Å². The molecule has 0 unspecified atom stereocenters. The van der Waals surface area contributed by atoms with Crippen LogP contribution in [-0.2, 0) is 17.8 Å². The summed E-state index contributed by atoms with van der Waals surface area (Å²) in [5, 5.41) is 6.42. The van der Waals surface area contributed by atoms with E-state index in [0.29, 0.717) is 30.5 Å². The van der Waals surface area contributed by atoms with E-state index in [1.54, 1.807) is 25.4 Å². The molecule has 28 heavy (non-hydrogen) atoms. The standard InChI is InChI=1S/C21H22N4O3/c1-22-21(23-12-15-8-10-17(11-9-15)20(26)27-2)24-13-18-14-28-19(25-18)16-6-4-3-5-7-16/h3-11,14H,12-13H2,1-2H3,(H2,22,23,24). The number of aliphatic imine (C=N–C) groups is 1. The van der Waals surface area contributed by atoms with Crippen LogP contribution in [0.4, 0.5) is 0 Å². The summed E-state index contributed by atoms with van der Waals surface area (Å²) in [6.07, 6.45) is 1.63. The van der Waals surface area contributed by atoms with Crippen LogP contribution in [0.1, 0.15) is 21.6 Å². The van der Waals surface area contributed by atoms with Crippen LogP contribution in [0.25, 0.3) is 11.5 Å². The summed E-state index contributed by atoms with van der Waals surface area (Å²) in [6, 6.07) is 17.0. The van der Waals surface area contributed by atoms with Crippen molar-refractivity contribution in [2.45, 2.75) is 13.1 Å². The lowest BCUT2D eigenvalue weighted by Crippen LogP contribution is -2.36. The van der Waals surface area contributed by atoms with Gasteiger partial charge in [-0.05, 0) is 29.8 Å². The number of oxazole rings is 1. The first-order valence-electron chi connectivity index (χ1n) is 8.81. The van der Waals surface area contributed by atoms with Crippen LogP contribution in [0.15, 0.2) is 70.3 Å². The second kappa shape index (κ2) is 9.36. The first kappa shape index (κ1) is 19.2. The van der Waals surface area contributed by atoms with Crippen LogP contribution >= 0.6 is 0 Å². The van der Waals surface area contributed by atoms with Crippen molar-refractivity contribution < 1.29 is 13.9 Å². The van der Waals surface area contributed by atoms with Gasteiger partial charge >= 0.3 is 5.97 Å². The van der Waals surface area contributed by atoms with Gasteiger partial charge in [-0.1, -0.05) is 30.3 Å². The highest BCUT2D eigenvalue weighted by molar-refractivity contribution is 5.89. The molecule has 0 spiro atoms. The maximum Gasteiger partial charge on any atom is 0.337 e. The fraction of sp³-hybridized carbons (Fsp3) is 0.190. The van der Waals surface area contributed by atoms with E-state index >= 15 is 0 Å². The van der Waals surface area contributed by atoms with Crippen molar-refractivity contribution in [2.24, 2.45) is 4.99 Å². The Kier molecular flexibility index (Phi) is 6.41. The van der Waals surface area contributed by atoms with Gasteiger partial charge in [-0.25, -0.2) is 9.78 Å². The van der Waals surface area contributed by atoms with Gasteiger partial charge in [-0.3, -0.25) is 4.99 Å². The SMILES string of the molecule is CN=C(NCc1ccc(C(=O)OC)cc1)NCc1coc(-c2ccccc2)n1. The third-order valence-corrected chi connectivity index (χ3v) is 4.07. The molecule has 0 fully saturated rings. The summed E-state index contributed by atoms with van der Waals surface area (Å²) < 4.78 is 10.2. The van der Waals surface area contributed by atoms with Crippen LogP contribution in [0.3, 0.4) is 0 Å². The molecule has 1 aromatic heterocycles. The summed E-state index contributed by atoms with van der Waals surface area (Å²) in [7, 11) is 3.07. The van der Waals surface area contributed by atoms with E-state index in [2.05, 4.69) is 20.6 Å². The van der Waals surface area contributed by atoms with E-state index in [-0.39, 0.29) is 5.97 Å². The number of carbonyl (C=O) groups excluding carboxylic acids is 1. The maximum absolute atomic E-state index is 11.5. The Morgan fingerprint density at radius 1 is 1.07 bits per heavy atom. The Balaban J connectivity index is 1.51. The number of methoxy groups -OCH3 is 1. The number of aromatic nitrogens is 1. The number of guanidine groups is 1. The zero-order valence-corrected chi connectivity index (χ0v) is 15.8. The third-order valence-electron chi connectivity index (χ3n) is 4.07. The number of ether oxygens (including phenoxy) is 1. The second-order valence-corrected chi connectivity index (χ2v) is 5.98. The largest absolute Gasteiger partial charge is 0.465 e. The van der Waals surface area contributed by atoms with E-state index < -0.39 is 0 Å². The lowest BCUT2D eigenvalue weighted by Gasteiger charge is -2.11. The summed E-state index contributed by atoms with van der Waals surface area (Å²) in [5.41, 5.74) is 3.26. The predicted octanol–water partition coefficient (Wildman–Crippen LogP) is 2.99. The number of nitrogens with one attached hydrogen (secondary N) is 2. The molecule has 0 aliphatic heterocycles. The van der Waals surface area contributed by atoms with Gasteiger partial charge in [0.25, 0.3) is 0 Å². The molecule has 1 heterocycles. The van der Waals surface area contributed by atoms with E-state index in [0.717, 1.165) is 16.8 Å². The Morgan fingerprint density at radius 2 is 1.79 bits per heavy atom. The highest BCUT2D eigenvalue weighted by atomic mass is 16.5. The number of carbonyl (C=O) groups is 1. The summed E-state index contributed by atoms with van der Waals surface area (Å²) >= 11 is 0. The molecule has 0 radical (unpaired) electrons. The van der Waals surface area contributed by atoms with Crippen molar-refractivity contribution in [3.8, 4) is 11.5 Å². The van der Waals surface area contributed by atoms with Gasteiger partial charge in [0, 0.05) is 19.2 Å². The lowest BCUT2D eigenvalue weighted by atomic mass is 10.1. The molecule has 0 saturated heterocycles.